The minimum atomic E-state index is -0.617. The summed E-state index contributed by atoms with van der Waals surface area (Å²) in [5.74, 6) is -0.396. The Hall–Kier alpha value is -2.05. The molecular formula is C14H24N4O3. The Morgan fingerprint density at radius 2 is 2.19 bits per heavy atom. The number of amides is 2. The number of hydrogen-bond acceptors (Lipinski definition) is 4. The van der Waals surface area contributed by atoms with Crippen molar-refractivity contribution >= 4 is 12.0 Å². The van der Waals surface area contributed by atoms with E-state index in [2.05, 4.69) is 15.6 Å². The van der Waals surface area contributed by atoms with Gasteiger partial charge in [0.05, 0.1) is 13.4 Å². The molecule has 0 saturated carbocycles. The standard InChI is InChI=1S/C14H24N4O3/c1-4-11(2)12(13(19)21-3)17-14(20)16-6-5-8-18-9-7-15-10-18/h7,9-12H,4-6,8H2,1-3H3,(H2,16,17,20)/t11-,12+/m0/s1. The fraction of sp³-hybridized carbons (Fsp3) is 0.643. The SMILES string of the molecule is CC[C@H](C)[C@@H](NC(=O)NCCCn1ccnc1)C(=O)OC. The molecule has 2 atom stereocenters. The monoisotopic (exact) mass is 296 g/mol. The largest absolute Gasteiger partial charge is 0.467 e. The fourth-order valence-corrected chi connectivity index (χ4v) is 1.87. The van der Waals surface area contributed by atoms with Crippen LogP contribution in [0.1, 0.15) is 26.7 Å². The molecule has 0 fully saturated rings. The van der Waals surface area contributed by atoms with E-state index in [0.717, 1.165) is 19.4 Å². The van der Waals surface area contributed by atoms with E-state index in [1.807, 2.05) is 24.6 Å². The zero-order valence-electron chi connectivity index (χ0n) is 12.8. The first-order valence-electron chi connectivity index (χ1n) is 7.16. The molecule has 2 amide bonds. The van der Waals surface area contributed by atoms with Gasteiger partial charge in [-0.3, -0.25) is 0 Å². The van der Waals surface area contributed by atoms with Crippen molar-refractivity contribution in [2.24, 2.45) is 5.92 Å². The first-order chi connectivity index (χ1) is 10.1. The maximum Gasteiger partial charge on any atom is 0.328 e. The van der Waals surface area contributed by atoms with Gasteiger partial charge in [0, 0.05) is 25.5 Å². The van der Waals surface area contributed by atoms with Crippen LogP contribution < -0.4 is 10.6 Å². The van der Waals surface area contributed by atoms with E-state index in [1.165, 1.54) is 7.11 Å². The predicted molar refractivity (Wildman–Crippen MR) is 78.6 cm³/mol. The zero-order chi connectivity index (χ0) is 15.7. The fourth-order valence-electron chi connectivity index (χ4n) is 1.87. The van der Waals surface area contributed by atoms with Crippen LogP contribution in [0, 0.1) is 5.92 Å². The van der Waals surface area contributed by atoms with Gasteiger partial charge in [-0.1, -0.05) is 20.3 Å². The number of carbonyl (C=O) groups is 2. The molecule has 0 spiro atoms. The van der Waals surface area contributed by atoms with Gasteiger partial charge in [-0.15, -0.1) is 0 Å². The number of nitrogens with zero attached hydrogens (tertiary/aromatic N) is 2. The molecule has 1 aromatic rings. The van der Waals surface area contributed by atoms with Gasteiger partial charge in [-0.25, -0.2) is 14.6 Å². The molecule has 0 aliphatic carbocycles. The van der Waals surface area contributed by atoms with Crippen LogP contribution in [0.4, 0.5) is 4.79 Å². The highest BCUT2D eigenvalue weighted by molar-refractivity contribution is 5.83. The summed E-state index contributed by atoms with van der Waals surface area (Å²) in [5.41, 5.74) is 0. The smallest absolute Gasteiger partial charge is 0.328 e. The topological polar surface area (TPSA) is 85.3 Å². The first kappa shape index (κ1) is 17.0. The molecule has 0 aliphatic heterocycles. The molecular weight excluding hydrogens is 272 g/mol. The zero-order valence-corrected chi connectivity index (χ0v) is 12.8. The van der Waals surface area contributed by atoms with E-state index in [0.29, 0.717) is 6.54 Å². The third-order valence-electron chi connectivity index (χ3n) is 3.39. The molecule has 0 aromatic carbocycles. The van der Waals surface area contributed by atoms with Gasteiger partial charge in [-0.2, -0.15) is 0 Å². The van der Waals surface area contributed by atoms with Gasteiger partial charge < -0.3 is 19.9 Å². The summed E-state index contributed by atoms with van der Waals surface area (Å²) >= 11 is 0. The molecule has 118 valence electrons. The van der Waals surface area contributed by atoms with Crippen LogP contribution in [0.25, 0.3) is 0 Å². The maximum absolute atomic E-state index is 11.8. The number of imidazole rings is 1. The summed E-state index contributed by atoms with van der Waals surface area (Å²) < 4.78 is 6.66. The minimum Gasteiger partial charge on any atom is -0.467 e. The molecule has 2 N–H and O–H groups in total. The average Bonchev–Trinajstić information content (AvgIpc) is 3.01. The van der Waals surface area contributed by atoms with E-state index in [4.69, 9.17) is 4.74 Å². The summed E-state index contributed by atoms with van der Waals surface area (Å²) in [5, 5.41) is 5.41. The van der Waals surface area contributed by atoms with Crippen molar-refractivity contribution in [2.75, 3.05) is 13.7 Å². The molecule has 0 radical (unpaired) electrons. The highest BCUT2D eigenvalue weighted by Gasteiger charge is 2.26. The van der Waals surface area contributed by atoms with E-state index in [1.54, 1.807) is 12.5 Å². The maximum atomic E-state index is 11.8. The number of ether oxygens (including phenoxy) is 1. The molecule has 7 nitrogen and oxygen atoms in total. The lowest BCUT2D eigenvalue weighted by molar-refractivity contribution is -0.144. The summed E-state index contributed by atoms with van der Waals surface area (Å²) in [4.78, 5) is 27.4. The van der Waals surface area contributed by atoms with Crippen LogP contribution in [0.2, 0.25) is 0 Å². The molecule has 0 unspecified atom stereocenters. The second-order valence-electron chi connectivity index (χ2n) is 4.94. The van der Waals surface area contributed by atoms with Gasteiger partial charge in [0.2, 0.25) is 0 Å². The van der Waals surface area contributed by atoms with Crippen molar-refractivity contribution in [1.82, 2.24) is 20.2 Å². The Bertz CT molecular complexity index is 433. The molecule has 7 heteroatoms. The van der Waals surface area contributed by atoms with Gasteiger partial charge in [0.1, 0.15) is 6.04 Å². The van der Waals surface area contributed by atoms with E-state index >= 15 is 0 Å². The van der Waals surface area contributed by atoms with Gasteiger partial charge >= 0.3 is 12.0 Å². The predicted octanol–water partition coefficient (Wildman–Crippen LogP) is 1.16. The van der Waals surface area contributed by atoms with Crippen LogP contribution in [0.15, 0.2) is 18.7 Å². The third kappa shape index (κ3) is 5.85. The Kier molecular flexibility index (Phi) is 7.28. The Morgan fingerprint density at radius 3 is 2.76 bits per heavy atom. The molecule has 0 saturated heterocycles. The molecule has 1 heterocycles. The quantitative estimate of drug-likeness (QED) is 0.557. The van der Waals surface area contributed by atoms with Crippen molar-refractivity contribution in [3.05, 3.63) is 18.7 Å². The second-order valence-corrected chi connectivity index (χ2v) is 4.94. The summed E-state index contributed by atoms with van der Waals surface area (Å²) in [6.45, 7) is 5.18. The Labute approximate surface area is 125 Å². The molecule has 0 aliphatic rings. The number of urea groups is 1. The second kappa shape index (κ2) is 8.99. The highest BCUT2D eigenvalue weighted by Crippen LogP contribution is 2.08. The van der Waals surface area contributed by atoms with Crippen molar-refractivity contribution in [3.63, 3.8) is 0 Å². The van der Waals surface area contributed by atoms with Gasteiger partial charge in [-0.05, 0) is 12.3 Å². The number of nitrogens with one attached hydrogen (secondary N) is 2. The van der Waals surface area contributed by atoms with Crippen molar-refractivity contribution in [3.8, 4) is 0 Å². The highest BCUT2D eigenvalue weighted by atomic mass is 16.5. The normalized spacial score (nSPS) is 13.3. The lowest BCUT2D eigenvalue weighted by Gasteiger charge is -2.22. The van der Waals surface area contributed by atoms with Crippen molar-refractivity contribution in [1.29, 1.82) is 0 Å². The summed E-state index contributed by atoms with van der Waals surface area (Å²) in [6.07, 6.45) is 6.89. The van der Waals surface area contributed by atoms with Crippen LogP contribution in [-0.4, -0.2) is 41.2 Å². The summed E-state index contributed by atoms with van der Waals surface area (Å²) in [6, 6.07) is -0.968. The van der Waals surface area contributed by atoms with Crippen molar-refractivity contribution < 1.29 is 14.3 Å². The lowest BCUT2D eigenvalue weighted by atomic mass is 9.99. The van der Waals surface area contributed by atoms with Crippen LogP contribution in [0.3, 0.4) is 0 Å². The number of rotatable bonds is 8. The average molecular weight is 296 g/mol. The number of aryl methyl sites for hydroxylation is 1. The van der Waals surface area contributed by atoms with Crippen LogP contribution >= 0.6 is 0 Å². The molecule has 0 bridgehead atoms. The van der Waals surface area contributed by atoms with Crippen LogP contribution in [0.5, 0.6) is 0 Å². The molecule has 1 rings (SSSR count). The van der Waals surface area contributed by atoms with E-state index in [9.17, 15) is 9.59 Å². The van der Waals surface area contributed by atoms with E-state index < -0.39 is 12.0 Å². The molecule has 21 heavy (non-hydrogen) atoms. The minimum absolute atomic E-state index is 0.0224. The number of hydrogen-bond donors (Lipinski definition) is 2. The molecule has 1 aromatic heterocycles. The van der Waals surface area contributed by atoms with Gasteiger partial charge in [0.25, 0.3) is 0 Å². The van der Waals surface area contributed by atoms with Gasteiger partial charge in [0.15, 0.2) is 0 Å². The lowest BCUT2D eigenvalue weighted by Crippen LogP contribution is -2.49. The number of esters is 1. The third-order valence-corrected chi connectivity index (χ3v) is 3.39. The van der Waals surface area contributed by atoms with Crippen molar-refractivity contribution in [2.45, 2.75) is 39.3 Å². The summed E-state index contributed by atoms with van der Waals surface area (Å²) in [7, 11) is 1.32. The number of carbonyl (C=O) groups excluding carboxylic acids is 2. The Balaban J connectivity index is 2.31. The van der Waals surface area contributed by atoms with E-state index in [-0.39, 0.29) is 11.9 Å². The van der Waals surface area contributed by atoms with Crippen LogP contribution in [-0.2, 0) is 16.1 Å². The Morgan fingerprint density at radius 1 is 1.43 bits per heavy atom. The number of aromatic nitrogens is 2. The number of methoxy groups -OCH3 is 1. The first-order valence-corrected chi connectivity index (χ1v) is 7.16.